The van der Waals surface area contributed by atoms with Gasteiger partial charge < -0.3 is 9.47 Å². The lowest BCUT2D eigenvalue weighted by Gasteiger charge is -2.43. The molecule has 0 atom stereocenters. The number of rotatable bonds is 5. The normalized spacial score (nSPS) is 18.5. The average Bonchev–Trinajstić information content (AvgIpc) is 2.67. The molecule has 1 aromatic carbocycles. The third-order valence-electron chi connectivity index (χ3n) is 5.17. The van der Waals surface area contributed by atoms with Crippen molar-refractivity contribution in [2.24, 2.45) is 0 Å². The molecule has 3 rings (SSSR count). The van der Waals surface area contributed by atoms with Crippen LogP contribution in [-0.2, 0) is 20.7 Å². The standard InChI is InChI=1S/C23H25NO5/c1-6-14-9-10-16(28-21-15(13-25)8-7-11-24-21)12-17(14)18-19(26)22(2,3)29-23(4,5)20(18)27/h7-13,18H,6H2,1-5H3. The molecule has 1 saturated heterocycles. The van der Waals surface area contributed by atoms with Gasteiger partial charge in [0.15, 0.2) is 17.9 Å². The van der Waals surface area contributed by atoms with E-state index in [9.17, 15) is 14.4 Å². The number of benzene rings is 1. The fourth-order valence-electron chi connectivity index (χ4n) is 3.75. The van der Waals surface area contributed by atoms with Crippen molar-refractivity contribution in [2.45, 2.75) is 58.2 Å². The highest BCUT2D eigenvalue weighted by Gasteiger charge is 2.53. The monoisotopic (exact) mass is 395 g/mol. The number of nitrogens with zero attached hydrogens (tertiary/aromatic N) is 1. The molecule has 0 spiro atoms. The predicted octanol–water partition coefficient (Wildman–Crippen LogP) is 4.06. The number of aromatic nitrogens is 1. The molecule has 1 aliphatic heterocycles. The fourth-order valence-corrected chi connectivity index (χ4v) is 3.75. The van der Waals surface area contributed by atoms with E-state index in [4.69, 9.17) is 9.47 Å². The number of aryl methyl sites for hydroxylation is 1. The van der Waals surface area contributed by atoms with E-state index in [-0.39, 0.29) is 17.4 Å². The minimum absolute atomic E-state index is 0.169. The lowest BCUT2D eigenvalue weighted by Crippen LogP contribution is -2.58. The minimum atomic E-state index is -1.09. The van der Waals surface area contributed by atoms with Crippen LogP contribution in [0.3, 0.4) is 0 Å². The summed E-state index contributed by atoms with van der Waals surface area (Å²) < 4.78 is 11.6. The van der Waals surface area contributed by atoms with Crippen molar-refractivity contribution in [3.63, 3.8) is 0 Å². The maximum absolute atomic E-state index is 13.1. The van der Waals surface area contributed by atoms with Crippen LogP contribution >= 0.6 is 0 Å². The van der Waals surface area contributed by atoms with Crippen LogP contribution in [0, 0.1) is 0 Å². The van der Waals surface area contributed by atoms with Crippen LogP contribution in [-0.4, -0.2) is 34.0 Å². The van der Waals surface area contributed by atoms with Gasteiger partial charge in [-0.2, -0.15) is 0 Å². The summed E-state index contributed by atoms with van der Waals surface area (Å²) in [4.78, 5) is 41.6. The molecule has 1 aliphatic rings. The topological polar surface area (TPSA) is 82.6 Å². The SMILES string of the molecule is CCc1ccc(Oc2ncccc2C=O)cc1C1C(=O)C(C)(C)OC(C)(C)C1=O. The fraction of sp³-hybridized carbons (Fsp3) is 0.391. The molecular formula is C23H25NO5. The minimum Gasteiger partial charge on any atom is -0.438 e. The second-order valence-electron chi connectivity index (χ2n) is 8.12. The molecule has 6 heteroatoms. The van der Waals surface area contributed by atoms with Gasteiger partial charge in [0.1, 0.15) is 22.9 Å². The zero-order chi connectivity index (χ0) is 21.4. The van der Waals surface area contributed by atoms with Crippen LogP contribution in [0.25, 0.3) is 0 Å². The average molecular weight is 395 g/mol. The lowest BCUT2D eigenvalue weighted by molar-refractivity contribution is -0.184. The number of Topliss-reactive ketones (excluding diaryl/α,β-unsaturated/α-hetero) is 2. The highest BCUT2D eigenvalue weighted by Crippen LogP contribution is 2.40. The van der Waals surface area contributed by atoms with Crippen molar-refractivity contribution in [1.29, 1.82) is 0 Å². The van der Waals surface area contributed by atoms with Gasteiger partial charge in [-0.05, 0) is 69.5 Å². The summed E-state index contributed by atoms with van der Waals surface area (Å²) in [6, 6.07) is 8.53. The number of aldehydes is 1. The first kappa shape index (κ1) is 20.9. The van der Waals surface area contributed by atoms with Gasteiger partial charge in [0.05, 0.1) is 5.56 Å². The maximum Gasteiger partial charge on any atom is 0.229 e. The van der Waals surface area contributed by atoms with Crippen molar-refractivity contribution in [3.8, 4) is 11.6 Å². The van der Waals surface area contributed by atoms with Crippen molar-refractivity contribution >= 4 is 17.9 Å². The lowest BCUT2D eigenvalue weighted by atomic mass is 9.73. The van der Waals surface area contributed by atoms with E-state index < -0.39 is 17.1 Å². The third-order valence-corrected chi connectivity index (χ3v) is 5.17. The smallest absolute Gasteiger partial charge is 0.229 e. The van der Waals surface area contributed by atoms with Crippen molar-refractivity contribution in [3.05, 3.63) is 53.2 Å². The van der Waals surface area contributed by atoms with Crippen LogP contribution in [0.15, 0.2) is 36.5 Å². The van der Waals surface area contributed by atoms with E-state index in [1.54, 1.807) is 52.0 Å². The molecule has 1 aromatic heterocycles. The molecule has 0 N–H and O–H groups in total. The van der Waals surface area contributed by atoms with Gasteiger partial charge in [0.2, 0.25) is 5.88 Å². The molecular weight excluding hydrogens is 370 g/mol. The molecule has 2 heterocycles. The Morgan fingerprint density at radius 1 is 1.10 bits per heavy atom. The van der Waals surface area contributed by atoms with Crippen LogP contribution in [0.2, 0.25) is 0 Å². The number of hydrogen-bond acceptors (Lipinski definition) is 6. The molecule has 0 bridgehead atoms. The maximum atomic E-state index is 13.1. The first-order valence-electron chi connectivity index (χ1n) is 9.60. The molecule has 0 amide bonds. The van der Waals surface area contributed by atoms with Gasteiger partial charge in [0.25, 0.3) is 0 Å². The Kier molecular flexibility index (Phi) is 5.41. The van der Waals surface area contributed by atoms with E-state index in [1.165, 1.54) is 6.20 Å². The van der Waals surface area contributed by atoms with Gasteiger partial charge in [-0.15, -0.1) is 0 Å². The van der Waals surface area contributed by atoms with E-state index >= 15 is 0 Å². The van der Waals surface area contributed by atoms with Crippen LogP contribution in [0.5, 0.6) is 11.6 Å². The molecule has 1 fully saturated rings. The summed E-state index contributed by atoms with van der Waals surface area (Å²) in [5.74, 6) is -0.925. The largest absolute Gasteiger partial charge is 0.438 e. The summed E-state index contributed by atoms with van der Waals surface area (Å²) >= 11 is 0. The van der Waals surface area contributed by atoms with Crippen molar-refractivity contribution < 1.29 is 23.9 Å². The van der Waals surface area contributed by atoms with Crippen LogP contribution in [0.4, 0.5) is 0 Å². The van der Waals surface area contributed by atoms with E-state index in [0.29, 0.717) is 29.6 Å². The third kappa shape index (κ3) is 3.85. The quantitative estimate of drug-likeness (QED) is 0.561. The number of ketones is 2. The van der Waals surface area contributed by atoms with E-state index in [1.807, 2.05) is 13.0 Å². The molecule has 0 unspecified atom stereocenters. The number of pyridine rings is 1. The summed E-state index contributed by atoms with van der Waals surface area (Å²) in [6.07, 6.45) is 2.85. The zero-order valence-electron chi connectivity index (χ0n) is 17.3. The second kappa shape index (κ2) is 7.52. The number of carbonyl (C=O) groups excluding carboxylic acids is 3. The zero-order valence-corrected chi connectivity index (χ0v) is 17.3. The first-order valence-corrected chi connectivity index (χ1v) is 9.60. The van der Waals surface area contributed by atoms with E-state index in [2.05, 4.69) is 4.98 Å². The van der Waals surface area contributed by atoms with Gasteiger partial charge in [0, 0.05) is 6.20 Å². The van der Waals surface area contributed by atoms with Gasteiger partial charge >= 0.3 is 0 Å². The molecule has 0 saturated carbocycles. The molecule has 29 heavy (non-hydrogen) atoms. The molecule has 2 aromatic rings. The summed E-state index contributed by atoms with van der Waals surface area (Å²) in [5.41, 5.74) is -0.373. The number of carbonyl (C=O) groups is 3. The highest BCUT2D eigenvalue weighted by atomic mass is 16.5. The Morgan fingerprint density at radius 3 is 2.34 bits per heavy atom. The Labute approximate surface area is 170 Å². The molecule has 0 radical (unpaired) electrons. The molecule has 0 aliphatic carbocycles. The van der Waals surface area contributed by atoms with Gasteiger partial charge in [-0.3, -0.25) is 14.4 Å². The number of hydrogen-bond donors (Lipinski definition) is 0. The summed E-state index contributed by atoms with van der Waals surface area (Å²) in [6.45, 7) is 8.71. The highest BCUT2D eigenvalue weighted by molar-refractivity contribution is 6.15. The van der Waals surface area contributed by atoms with Crippen LogP contribution < -0.4 is 4.74 Å². The predicted molar refractivity (Wildman–Crippen MR) is 108 cm³/mol. The van der Waals surface area contributed by atoms with Gasteiger partial charge in [-0.25, -0.2) is 4.98 Å². The Bertz CT molecular complexity index is 951. The van der Waals surface area contributed by atoms with Crippen LogP contribution in [0.1, 0.15) is 62.0 Å². The number of ether oxygens (including phenoxy) is 2. The molecule has 6 nitrogen and oxygen atoms in total. The second-order valence-corrected chi connectivity index (χ2v) is 8.12. The summed E-state index contributed by atoms with van der Waals surface area (Å²) in [5, 5.41) is 0. The Hall–Kier alpha value is -2.86. The Balaban J connectivity index is 2.08. The first-order chi connectivity index (χ1) is 13.6. The van der Waals surface area contributed by atoms with Crippen molar-refractivity contribution in [2.75, 3.05) is 0 Å². The van der Waals surface area contributed by atoms with Gasteiger partial charge in [-0.1, -0.05) is 13.0 Å². The van der Waals surface area contributed by atoms with E-state index in [0.717, 1.165) is 5.56 Å². The summed E-state index contributed by atoms with van der Waals surface area (Å²) in [7, 11) is 0. The Morgan fingerprint density at radius 2 is 1.76 bits per heavy atom. The van der Waals surface area contributed by atoms with Crippen molar-refractivity contribution in [1.82, 2.24) is 4.98 Å². The molecule has 152 valence electrons.